The van der Waals surface area contributed by atoms with Gasteiger partial charge in [-0.05, 0) is 30.0 Å². The molecule has 13 heavy (non-hydrogen) atoms. The van der Waals surface area contributed by atoms with Crippen LogP contribution in [0.4, 0.5) is 0 Å². The van der Waals surface area contributed by atoms with Crippen molar-refractivity contribution in [3.63, 3.8) is 0 Å². The molecule has 0 spiro atoms. The van der Waals surface area contributed by atoms with Crippen LogP contribution in [0.25, 0.3) is 0 Å². The van der Waals surface area contributed by atoms with Gasteiger partial charge in [0.25, 0.3) is 0 Å². The first-order valence-corrected chi connectivity index (χ1v) is 5.48. The highest BCUT2D eigenvalue weighted by molar-refractivity contribution is 7.80. The van der Waals surface area contributed by atoms with Crippen molar-refractivity contribution in [3.05, 3.63) is 29.3 Å². The molecule has 1 rings (SSSR count). The summed E-state index contributed by atoms with van der Waals surface area (Å²) in [4.78, 5) is 1.05. The van der Waals surface area contributed by atoms with Gasteiger partial charge in [-0.2, -0.15) is 0 Å². The standard InChI is InChI=1S/C12H17S/c1-3-6-10-8-5-9-12(13)11(10)7-4-2/h5,8-9H,3-4,6-7H2,1-2H3. The maximum absolute atomic E-state index is 5.32. The van der Waals surface area contributed by atoms with Crippen LogP contribution in [0.15, 0.2) is 23.1 Å². The molecule has 0 saturated carbocycles. The van der Waals surface area contributed by atoms with E-state index < -0.39 is 0 Å². The molecule has 0 nitrogen and oxygen atoms in total. The molecule has 1 radical (unpaired) electrons. The molecule has 0 N–H and O–H groups in total. The maximum atomic E-state index is 5.32. The van der Waals surface area contributed by atoms with E-state index >= 15 is 0 Å². The molecule has 0 aliphatic carbocycles. The third-order valence-electron chi connectivity index (χ3n) is 2.25. The Balaban J connectivity index is 2.95. The lowest BCUT2D eigenvalue weighted by Gasteiger charge is -2.09. The van der Waals surface area contributed by atoms with Crippen molar-refractivity contribution in [2.24, 2.45) is 0 Å². The van der Waals surface area contributed by atoms with Gasteiger partial charge in [0.1, 0.15) is 0 Å². The molecule has 0 bridgehead atoms. The first-order chi connectivity index (χ1) is 6.29. The van der Waals surface area contributed by atoms with Gasteiger partial charge in [-0.25, -0.2) is 0 Å². The molecule has 0 amide bonds. The van der Waals surface area contributed by atoms with Gasteiger partial charge in [-0.15, -0.1) is 0 Å². The average Bonchev–Trinajstić information content (AvgIpc) is 2.11. The van der Waals surface area contributed by atoms with Crippen LogP contribution in [0.5, 0.6) is 0 Å². The largest absolute Gasteiger partial charge is 0.0798 e. The molecule has 71 valence electrons. The predicted molar refractivity (Wildman–Crippen MR) is 60.3 cm³/mol. The summed E-state index contributed by atoms with van der Waals surface area (Å²) in [6.45, 7) is 4.42. The molecule has 0 fully saturated rings. The number of aryl methyl sites for hydroxylation is 1. The monoisotopic (exact) mass is 193 g/mol. The van der Waals surface area contributed by atoms with Gasteiger partial charge in [0.2, 0.25) is 0 Å². The predicted octanol–water partition coefficient (Wildman–Crippen LogP) is 4.15. The van der Waals surface area contributed by atoms with Crippen LogP contribution in [-0.4, -0.2) is 0 Å². The minimum atomic E-state index is 1.05. The second-order valence-corrected chi connectivity index (χ2v) is 3.83. The molecule has 1 aromatic carbocycles. The molecule has 0 heterocycles. The molecule has 0 saturated heterocycles. The number of hydrogen-bond acceptors (Lipinski definition) is 0. The van der Waals surface area contributed by atoms with Crippen LogP contribution < -0.4 is 0 Å². The van der Waals surface area contributed by atoms with Crippen LogP contribution in [0, 0.1) is 0 Å². The summed E-state index contributed by atoms with van der Waals surface area (Å²) >= 11 is 5.32. The fourth-order valence-corrected chi connectivity index (χ4v) is 1.96. The maximum Gasteiger partial charge on any atom is 0.0411 e. The molecule has 0 atom stereocenters. The van der Waals surface area contributed by atoms with Gasteiger partial charge in [-0.1, -0.05) is 51.5 Å². The quantitative estimate of drug-likeness (QED) is 0.674. The summed E-state index contributed by atoms with van der Waals surface area (Å²) in [6, 6.07) is 6.33. The first-order valence-electron chi connectivity index (χ1n) is 5.07. The second-order valence-electron chi connectivity index (χ2n) is 3.39. The Hall–Kier alpha value is -0.560. The number of hydrogen-bond donors (Lipinski definition) is 0. The van der Waals surface area contributed by atoms with E-state index in [2.05, 4.69) is 26.0 Å². The molecule has 1 aromatic rings. The Morgan fingerprint density at radius 2 is 1.77 bits per heavy atom. The van der Waals surface area contributed by atoms with Crippen molar-refractivity contribution in [1.29, 1.82) is 0 Å². The van der Waals surface area contributed by atoms with Gasteiger partial charge in [0, 0.05) is 4.90 Å². The topological polar surface area (TPSA) is 0 Å². The Bertz CT molecular complexity index is 266. The Labute approximate surface area is 86.8 Å². The van der Waals surface area contributed by atoms with Crippen LogP contribution in [0.2, 0.25) is 0 Å². The molecular formula is C12H17S. The van der Waals surface area contributed by atoms with Crippen molar-refractivity contribution >= 4 is 12.6 Å². The zero-order valence-corrected chi connectivity index (χ0v) is 9.29. The lowest BCUT2D eigenvalue weighted by Crippen LogP contribution is -1.94. The third kappa shape index (κ3) is 2.70. The zero-order valence-electron chi connectivity index (χ0n) is 8.47. The summed E-state index contributed by atoms with van der Waals surface area (Å²) in [5, 5.41) is 0. The summed E-state index contributed by atoms with van der Waals surface area (Å²) in [5.74, 6) is 0. The lowest BCUT2D eigenvalue weighted by atomic mass is 10.00. The fourth-order valence-electron chi connectivity index (χ4n) is 1.65. The smallest absolute Gasteiger partial charge is 0.0411 e. The van der Waals surface area contributed by atoms with Crippen molar-refractivity contribution in [2.75, 3.05) is 0 Å². The van der Waals surface area contributed by atoms with Crippen LogP contribution in [0.3, 0.4) is 0 Å². The molecule has 1 heteroatoms. The van der Waals surface area contributed by atoms with Crippen LogP contribution in [0.1, 0.15) is 37.8 Å². The molecular weight excluding hydrogens is 176 g/mol. The van der Waals surface area contributed by atoms with Gasteiger partial charge in [0.05, 0.1) is 0 Å². The summed E-state index contributed by atoms with van der Waals surface area (Å²) in [5.41, 5.74) is 2.86. The van der Waals surface area contributed by atoms with E-state index in [-0.39, 0.29) is 0 Å². The molecule has 0 aliphatic rings. The second kappa shape index (κ2) is 5.23. The highest BCUT2D eigenvalue weighted by Gasteiger charge is 2.04. The Morgan fingerprint density at radius 3 is 2.38 bits per heavy atom. The normalized spacial score (nSPS) is 10.3. The van der Waals surface area contributed by atoms with Crippen molar-refractivity contribution < 1.29 is 0 Å². The highest BCUT2D eigenvalue weighted by atomic mass is 32.1. The van der Waals surface area contributed by atoms with E-state index in [4.69, 9.17) is 12.6 Å². The van der Waals surface area contributed by atoms with E-state index in [1.165, 1.54) is 30.4 Å². The third-order valence-corrected chi connectivity index (χ3v) is 2.63. The number of benzene rings is 1. The average molecular weight is 193 g/mol. The van der Waals surface area contributed by atoms with E-state index in [0.29, 0.717) is 0 Å². The minimum absolute atomic E-state index is 1.05. The lowest BCUT2D eigenvalue weighted by molar-refractivity contribution is 0.844. The first kappa shape index (κ1) is 10.5. The van der Waals surface area contributed by atoms with Crippen molar-refractivity contribution in [3.8, 4) is 0 Å². The minimum Gasteiger partial charge on any atom is -0.0798 e. The van der Waals surface area contributed by atoms with Gasteiger partial charge < -0.3 is 0 Å². The number of rotatable bonds is 4. The molecule has 0 unspecified atom stereocenters. The molecule has 0 aliphatic heterocycles. The van der Waals surface area contributed by atoms with E-state index in [1.54, 1.807) is 0 Å². The zero-order chi connectivity index (χ0) is 9.68. The Kier molecular flexibility index (Phi) is 4.23. The van der Waals surface area contributed by atoms with Crippen LogP contribution >= 0.6 is 12.6 Å². The summed E-state index contributed by atoms with van der Waals surface area (Å²) in [6.07, 6.45) is 4.69. The SMILES string of the molecule is CCCc1cccc([S])c1CCC. The fraction of sp³-hybridized carbons (Fsp3) is 0.500. The summed E-state index contributed by atoms with van der Waals surface area (Å²) < 4.78 is 0. The van der Waals surface area contributed by atoms with E-state index in [0.717, 1.165) is 11.3 Å². The highest BCUT2D eigenvalue weighted by Crippen LogP contribution is 2.21. The van der Waals surface area contributed by atoms with Crippen LogP contribution in [-0.2, 0) is 12.8 Å². The van der Waals surface area contributed by atoms with Crippen molar-refractivity contribution in [1.82, 2.24) is 0 Å². The summed E-state index contributed by atoms with van der Waals surface area (Å²) in [7, 11) is 0. The van der Waals surface area contributed by atoms with Gasteiger partial charge >= 0.3 is 0 Å². The Morgan fingerprint density at radius 1 is 1.08 bits per heavy atom. The van der Waals surface area contributed by atoms with Gasteiger partial charge in [-0.3, -0.25) is 0 Å². The van der Waals surface area contributed by atoms with Gasteiger partial charge in [0.15, 0.2) is 0 Å². The van der Waals surface area contributed by atoms with E-state index in [9.17, 15) is 0 Å². The van der Waals surface area contributed by atoms with Crippen molar-refractivity contribution in [2.45, 2.75) is 44.4 Å². The molecule has 0 aromatic heterocycles. The van der Waals surface area contributed by atoms with E-state index in [1.807, 2.05) is 6.07 Å².